The van der Waals surface area contributed by atoms with E-state index < -0.39 is 0 Å². The molecule has 1 aromatic carbocycles. The van der Waals surface area contributed by atoms with Crippen molar-refractivity contribution < 1.29 is 9.13 Å². The molecular weight excluding hydrogens is 257 g/mol. The maximum Gasteiger partial charge on any atom is 0.219 e. The fourth-order valence-electron chi connectivity index (χ4n) is 1.78. The zero-order valence-corrected chi connectivity index (χ0v) is 11.7. The highest BCUT2D eigenvalue weighted by molar-refractivity contribution is 5.37. The average molecular weight is 275 g/mol. The summed E-state index contributed by atoms with van der Waals surface area (Å²) in [5.41, 5.74) is 0.508. The van der Waals surface area contributed by atoms with Gasteiger partial charge in [-0.25, -0.2) is 9.37 Å². The van der Waals surface area contributed by atoms with Crippen molar-refractivity contribution in [2.75, 3.05) is 12.4 Å². The largest absolute Gasteiger partial charge is 0.473 e. The van der Waals surface area contributed by atoms with Crippen LogP contribution in [0.2, 0.25) is 0 Å². The van der Waals surface area contributed by atoms with E-state index in [-0.39, 0.29) is 12.4 Å². The quantitative estimate of drug-likeness (QED) is 0.879. The van der Waals surface area contributed by atoms with E-state index in [2.05, 4.69) is 22.2 Å². The molecule has 0 unspecified atom stereocenters. The Labute approximate surface area is 118 Å². The van der Waals surface area contributed by atoms with Crippen LogP contribution in [0.15, 0.2) is 30.3 Å². The van der Waals surface area contributed by atoms with E-state index in [1.165, 1.54) is 6.07 Å². The molecular formula is C15H18FN3O. The van der Waals surface area contributed by atoms with Gasteiger partial charge in [0.05, 0.1) is 0 Å². The molecule has 0 saturated heterocycles. The summed E-state index contributed by atoms with van der Waals surface area (Å²) in [6.45, 7) is 2.22. The Morgan fingerprint density at radius 3 is 2.75 bits per heavy atom. The molecule has 0 aliphatic rings. The SMILES string of the molecule is CCCc1nc(NC)cc(OCc2ccccc2F)n1. The third-order valence-electron chi connectivity index (χ3n) is 2.81. The molecule has 2 aromatic rings. The van der Waals surface area contributed by atoms with Crippen LogP contribution in [0.25, 0.3) is 0 Å². The Kier molecular flexibility index (Phi) is 4.87. The second kappa shape index (κ2) is 6.84. The maximum atomic E-state index is 13.5. The first kappa shape index (κ1) is 14.2. The van der Waals surface area contributed by atoms with Gasteiger partial charge >= 0.3 is 0 Å². The van der Waals surface area contributed by atoms with Gasteiger partial charge in [0.2, 0.25) is 5.88 Å². The molecule has 1 heterocycles. The smallest absolute Gasteiger partial charge is 0.219 e. The first-order chi connectivity index (χ1) is 9.72. The van der Waals surface area contributed by atoms with Gasteiger partial charge in [-0.1, -0.05) is 25.1 Å². The molecule has 0 aliphatic carbocycles. The molecule has 1 N–H and O–H groups in total. The predicted octanol–water partition coefficient (Wildman–Crippen LogP) is 3.19. The number of nitrogens with one attached hydrogen (secondary N) is 1. The van der Waals surface area contributed by atoms with Crippen molar-refractivity contribution in [2.24, 2.45) is 0 Å². The summed E-state index contributed by atoms with van der Waals surface area (Å²) in [7, 11) is 1.79. The zero-order valence-electron chi connectivity index (χ0n) is 11.7. The summed E-state index contributed by atoms with van der Waals surface area (Å²) < 4.78 is 19.1. The third-order valence-corrected chi connectivity index (χ3v) is 2.81. The van der Waals surface area contributed by atoms with E-state index in [0.717, 1.165) is 18.7 Å². The summed E-state index contributed by atoms with van der Waals surface area (Å²) in [4.78, 5) is 8.66. The van der Waals surface area contributed by atoms with Crippen LogP contribution >= 0.6 is 0 Å². The molecule has 0 aliphatic heterocycles. The Morgan fingerprint density at radius 1 is 1.25 bits per heavy atom. The molecule has 0 amide bonds. The van der Waals surface area contributed by atoms with Gasteiger partial charge in [-0.05, 0) is 12.5 Å². The van der Waals surface area contributed by atoms with Crippen LogP contribution < -0.4 is 10.1 Å². The molecule has 4 nitrogen and oxygen atoms in total. The number of aryl methyl sites for hydroxylation is 1. The summed E-state index contributed by atoms with van der Waals surface area (Å²) in [5.74, 6) is 1.61. The summed E-state index contributed by atoms with van der Waals surface area (Å²) in [6, 6.07) is 8.26. The number of benzene rings is 1. The molecule has 106 valence electrons. The maximum absolute atomic E-state index is 13.5. The number of nitrogens with zero attached hydrogens (tertiary/aromatic N) is 2. The van der Waals surface area contributed by atoms with Gasteiger partial charge in [0.25, 0.3) is 0 Å². The van der Waals surface area contributed by atoms with Gasteiger partial charge in [-0.3, -0.25) is 0 Å². The number of anilines is 1. The minimum absolute atomic E-state index is 0.151. The Balaban J connectivity index is 2.12. The third kappa shape index (κ3) is 3.66. The molecule has 20 heavy (non-hydrogen) atoms. The van der Waals surface area contributed by atoms with E-state index in [4.69, 9.17) is 4.74 Å². The van der Waals surface area contributed by atoms with Gasteiger partial charge in [0.1, 0.15) is 24.1 Å². The number of hydrogen-bond donors (Lipinski definition) is 1. The van der Waals surface area contributed by atoms with E-state index in [0.29, 0.717) is 17.3 Å². The fraction of sp³-hybridized carbons (Fsp3) is 0.333. The van der Waals surface area contributed by atoms with Gasteiger partial charge in [0.15, 0.2) is 0 Å². The van der Waals surface area contributed by atoms with Crippen molar-refractivity contribution in [2.45, 2.75) is 26.4 Å². The second-order valence-electron chi connectivity index (χ2n) is 4.39. The normalized spacial score (nSPS) is 10.3. The molecule has 1 aromatic heterocycles. The second-order valence-corrected chi connectivity index (χ2v) is 4.39. The van der Waals surface area contributed by atoms with E-state index >= 15 is 0 Å². The fourth-order valence-corrected chi connectivity index (χ4v) is 1.78. The first-order valence-corrected chi connectivity index (χ1v) is 6.65. The molecule has 0 spiro atoms. The molecule has 0 atom stereocenters. The number of hydrogen-bond acceptors (Lipinski definition) is 4. The topological polar surface area (TPSA) is 47.0 Å². The number of rotatable bonds is 6. The van der Waals surface area contributed by atoms with Crippen LogP contribution in [0, 0.1) is 5.82 Å². The van der Waals surface area contributed by atoms with E-state index in [1.54, 1.807) is 31.3 Å². The lowest BCUT2D eigenvalue weighted by atomic mass is 10.2. The van der Waals surface area contributed by atoms with Crippen molar-refractivity contribution in [3.05, 3.63) is 47.5 Å². The average Bonchev–Trinajstić information content (AvgIpc) is 2.46. The van der Waals surface area contributed by atoms with Crippen molar-refractivity contribution >= 4 is 5.82 Å². The number of ether oxygens (including phenoxy) is 1. The molecule has 0 bridgehead atoms. The molecule has 2 rings (SSSR count). The van der Waals surface area contributed by atoms with Gasteiger partial charge in [0, 0.05) is 25.1 Å². The van der Waals surface area contributed by atoms with Gasteiger partial charge in [-0.2, -0.15) is 4.98 Å². The Morgan fingerprint density at radius 2 is 2.05 bits per heavy atom. The summed E-state index contributed by atoms with van der Waals surface area (Å²) >= 11 is 0. The minimum atomic E-state index is -0.274. The predicted molar refractivity (Wildman–Crippen MR) is 76.3 cm³/mol. The molecule has 0 fully saturated rings. The van der Waals surface area contributed by atoms with E-state index in [1.807, 2.05) is 0 Å². The molecule has 0 saturated carbocycles. The van der Waals surface area contributed by atoms with Gasteiger partial charge < -0.3 is 10.1 Å². The zero-order chi connectivity index (χ0) is 14.4. The van der Waals surface area contributed by atoms with Crippen LogP contribution in [0.5, 0.6) is 5.88 Å². The van der Waals surface area contributed by atoms with E-state index in [9.17, 15) is 4.39 Å². The Bertz CT molecular complexity index is 575. The van der Waals surface area contributed by atoms with Gasteiger partial charge in [-0.15, -0.1) is 0 Å². The Hall–Kier alpha value is -2.17. The summed E-state index contributed by atoms with van der Waals surface area (Å²) in [5, 5.41) is 2.97. The minimum Gasteiger partial charge on any atom is -0.473 e. The lowest BCUT2D eigenvalue weighted by molar-refractivity contribution is 0.286. The highest BCUT2D eigenvalue weighted by Gasteiger charge is 2.06. The highest BCUT2D eigenvalue weighted by atomic mass is 19.1. The standard InChI is InChI=1S/C15H18FN3O/c1-3-6-13-18-14(17-2)9-15(19-13)20-10-11-7-4-5-8-12(11)16/h4-5,7-9H,3,6,10H2,1-2H3,(H,17,18,19). The first-order valence-electron chi connectivity index (χ1n) is 6.65. The molecule has 0 radical (unpaired) electrons. The summed E-state index contributed by atoms with van der Waals surface area (Å²) in [6.07, 6.45) is 1.74. The number of aromatic nitrogens is 2. The highest BCUT2D eigenvalue weighted by Crippen LogP contribution is 2.16. The van der Waals surface area contributed by atoms with Crippen LogP contribution in [-0.4, -0.2) is 17.0 Å². The van der Waals surface area contributed by atoms with Crippen LogP contribution in [0.4, 0.5) is 10.2 Å². The van der Waals surface area contributed by atoms with Crippen molar-refractivity contribution in [3.63, 3.8) is 0 Å². The lowest BCUT2D eigenvalue weighted by Gasteiger charge is -2.09. The van der Waals surface area contributed by atoms with Crippen LogP contribution in [0.1, 0.15) is 24.7 Å². The van der Waals surface area contributed by atoms with Crippen molar-refractivity contribution in [3.8, 4) is 5.88 Å². The number of halogens is 1. The van der Waals surface area contributed by atoms with Crippen molar-refractivity contribution in [1.82, 2.24) is 9.97 Å². The molecule has 5 heteroatoms. The monoisotopic (exact) mass is 275 g/mol. The van der Waals surface area contributed by atoms with Crippen LogP contribution in [0.3, 0.4) is 0 Å². The van der Waals surface area contributed by atoms with Crippen LogP contribution in [-0.2, 0) is 13.0 Å². The lowest BCUT2D eigenvalue weighted by Crippen LogP contribution is -2.05. The van der Waals surface area contributed by atoms with Crippen molar-refractivity contribution in [1.29, 1.82) is 0 Å².